The maximum Gasteiger partial charge on any atom is 0.326 e. The van der Waals surface area contributed by atoms with Gasteiger partial charge in [-0.25, -0.2) is 9.59 Å². The van der Waals surface area contributed by atoms with Gasteiger partial charge in [-0.3, -0.25) is 4.57 Å². The molecular formula is C7H15N2O5P. The summed E-state index contributed by atoms with van der Waals surface area (Å²) in [4.78, 5) is 21.1. The highest BCUT2D eigenvalue weighted by Crippen LogP contribution is 2.41. The van der Waals surface area contributed by atoms with Gasteiger partial charge < -0.3 is 20.7 Å². The largest absolute Gasteiger partial charge is 0.480 e. The lowest BCUT2D eigenvalue weighted by Gasteiger charge is -2.15. The highest BCUT2D eigenvalue weighted by Gasteiger charge is 2.23. The van der Waals surface area contributed by atoms with Crippen LogP contribution in [0.1, 0.15) is 6.42 Å². The van der Waals surface area contributed by atoms with E-state index < -0.39 is 25.4 Å². The number of carboxylic acids is 1. The van der Waals surface area contributed by atoms with Crippen molar-refractivity contribution < 1.29 is 23.8 Å². The number of urea groups is 1. The number of amides is 2. The maximum absolute atomic E-state index is 11.4. The van der Waals surface area contributed by atoms with Crippen LogP contribution in [0.5, 0.6) is 0 Å². The Labute approximate surface area is 87.4 Å². The van der Waals surface area contributed by atoms with Gasteiger partial charge in [0.1, 0.15) is 6.04 Å². The summed E-state index contributed by atoms with van der Waals surface area (Å²) in [6, 6.07) is -2.06. The highest BCUT2D eigenvalue weighted by molar-refractivity contribution is 7.58. The Morgan fingerprint density at radius 3 is 2.47 bits per heavy atom. The predicted octanol–water partition coefficient (Wildman–Crippen LogP) is 0.0523. The zero-order valence-electron chi connectivity index (χ0n) is 8.60. The van der Waals surface area contributed by atoms with E-state index in [1.165, 1.54) is 13.8 Å². The molecule has 7 nitrogen and oxygen atoms in total. The average molecular weight is 238 g/mol. The summed E-state index contributed by atoms with van der Waals surface area (Å²) in [5.74, 6) is -1.22. The predicted molar refractivity (Wildman–Crippen MR) is 54.2 cm³/mol. The number of rotatable bonds is 6. The molecule has 0 aliphatic rings. The molecule has 0 radical (unpaired) electrons. The summed E-state index contributed by atoms with van der Waals surface area (Å²) in [7, 11) is -1.48. The third kappa shape index (κ3) is 6.09. The fourth-order valence-corrected chi connectivity index (χ4v) is 1.79. The first-order valence-electron chi connectivity index (χ1n) is 4.19. The Hall–Kier alpha value is -1.07. The van der Waals surface area contributed by atoms with Crippen LogP contribution < -0.4 is 11.1 Å². The standard InChI is InChI=1S/C7H15N2O5P/c1-14-15(2,13)4-3-5(6(10)11)9-7(8)12/h5H,3-4H2,1-2H3,(H,10,11)(H3,8,9,12)/t5-,15?/m0/s1. The normalized spacial score (nSPS) is 16.4. The topological polar surface area (TPSA) is 119 Å². The van der Waals surface area contributed by atoms with Crippen molar-refractivity contribution in [3.8, 4) is 0 Å². The first-order valence-corrected chi connectivity index (χ1v) is 6.45. The molecule has 88 valence electrons. The van der Waals surface area contributed by atoms with Crippen molar-refractivity contribution in [2.75, 3.05) is 19.9 Å². The van der Waals surface area contributed by atoms with Crippen molar-refractivity contribution in [2.24, 2.45) is 5.73 Å². The van der Waals surface area contributed by atoms with Gasteiger partial charge in [0.15, 0.2) is 7.37 Å². The second-order valence-corrected chi connectivity index (χ2v) is 5.95. The number of aliphatic carboxylic acids is 1. The molecule has 0 aliphatic heterocycles. The molecule has 0 saturated heterocycles. The Balaban J connectivity index is 4.25. The SMILES string of the molecule is COP(C)(=O)CC[C@H](NC(N)=O)C(=O)O. The molecule has 0 saturated carbocycles. The first-order chi connectivity index (χ1) is 6.78. The molecule has 2 amide bonds. The molecule has 0 aliphatic carbocycles. The Morgan fingerprint density at radius 2 is 2.13 bits per heavy atom. The summed E-state index contributed by atoms with van der Waals surface area (Å²) >= 11 is 0. The molecule has 1 unspecified atom stereocenters. The number of nitrogens with one attached hydrogen (secondary N) is 1. The molecule has 2 atom stereocenters. The molecule has 4 N–H and O–H groups in total. The minimum absolute atomic E-state index is 0.0138. The van der Waals surface area contributed by atoms with Crippen molar-refractivity contribution in [3.05, 3.63) is 0 Å². The second-order valence-electron chi connectivity index (χ2n) is 3.11. The van der Waals surface area contributed by atoms with Crippen LogP contribution in [0.25, 0.3) is 0 Å². The van der Waals surface area contributed by atoms with Crippen LogP contribution in [0.4, 0.5) is 4.79 Å². The van der Waals surface area contributed by atoms with E-state index in [2.05, 4.69) is 0 Å². The van der Waals surface area contributed by atoms with Crippen LogP contribution in [0.3, 0.4) is 0 Å². The van der Waals surface area contributed by atoms with Gasteiger partial charge in [-0.1, -0.05) is 0 Å². The van der Waals surface area contributed by atoms with Gasteiger partial charge in [0.2, 0.25) is 0 Å². The van der Waals surface area contributed by atoms with Gasteiger partial charge >= 0.3 is 12.0 Å². The number of hydrogen-bond donors (Lipinski definition) is 3. The zero-order chi connectivity index (χ0) is 12.1. The Morgan fingerprint density at radius 1 is 1.60 bits per heavy atom. The van der Waals surface area contributed by atoms with E-state index in [1.54, 1.807) is 0 Å². The highest BCUT2D eigenvalue weighted by atomic mass is 31.2. The molecular weight excluding hydrogens is 223 g/mol. The van der Waals surface area contributed by atoms with Crippen LogP contribution in [-0.4, -0.2) is 43.1 Å². The molecule has 0 heterocycles. The number of hydrogen-bond acceptors (Lipinski definition) is 4. The van der Waals surface area contributed by atoms with Crippen molar-refractivity contribution in [2.45, 2.75) is 12.5 Å². The molecule has 0 spiro atoms. The van der Waals surface area contributed by atoms with Gasteiger partial charge in [-0.15, -0.1) is 0 Å². The van der Waals surface area contributed by atoms with Crippen molar-refractivity contribution in [1.82, 2.24) is 5.32 Å². The van der Waals surface area contributed by atoms with Crippen LogP contribution in [0.2, 0.25) is 0 Å². The summed E-state index contributed by atoms with van der Waals surface area (Å²) in [6.07, 6.45) is 0.0840. The Kier molecular flexibility index (Phi) is 5.32. The third-order valence-electron chi connectivity index (χ3n) is 1.82. The smallest absolute Gasteiger partial charge is 0.326 e. The average Bonchev–Trinajstić information content (AvgIpc) is 2.11. The lowest BCUT2D eigenvalue weighted by atomic mass is 10.2. The molecule has 15 heavy (non-hydrogen) atoms. The van der Waals surface area contributed by atoms with E-state index in [0.717, 1.165) is 0 Å². The van der Waals surface area contributed by atoms with E-state index in [0.29, 0.717) is 0 Å². The van der Waals surface area contributed by atoms with Gasteiger partial charge in [0, 0.05) is 19.9 Å². The zero-order valence-corrected chi connectivity index (χ0v) is 9.49. The minimum atomic E-state index is -2.77. The third-order valence-corrected chi connectivity index (χ3v) is 3.67. The number of carbonyl (C=O) groups is 2. The number of primary amides is 1. The fraction of sp³-hybridized carbons (Fsp3) is 0.714. The monoisotopic (exact) mass is 238 g/mol. The quantitative estimate of drug-likeness (QED) is 0.565. The van der Waals surface area contributed by atoms with E-state index in [9.17, 15) is 14.2 Å². The molecule has 0 bridgehead atoms. The molecule has 0 aromatic heterocycles. The maximum atomic E-state index is 11.4. The van der Waals surface area contributed by atoms with Crippen molar-refractivity contribution in [3.63, 3.8) is 0 Å². The summed E-state index contributed by atoms with van der Waals surface area (Å²) < 4.78 is 16.1. The van der Waals surface area contributed by atoms with Crippen LogP contribution in [0.15, 0.2) is 0 Å². The first kappa shape index (κ1) is 13.9. The van der Waals surface area contributed by atoms with E-state index in [4.69, 9.17) is 15.4 Å². The molecule has 0 fully saturated rings. The van der Waals surface area contributed by atoms with Crippen LogP contribution in [-0.2, 0) is 13.9 Å². The van der Waals surface area contributed by atoms with Gasteiger partial charge in [-0.05, 0) is 6.42 Å². The number of nitrogens with two attached hydrogens (primary N) is 1. The van der Waals surface area contributed by atoms with Crippen LogP contribution >= 0.6 is 7.37 Å². The number of carbonyl (C=O) groups excluding carboxylic acids is 1. The van der Waals surface area contributed by atoms with Crippen LogP contribution in [0, 0.1) is 0 Å². The summed E-state index contributed by atoms with van der Waals surface area (Å²) in [6.45, 7) is 1.40. The van der Waals surface area contributed by atoms with Crippen molar-refractivity contribution in [1.29, 1.82) is 0 Å². The second kappa shape index (κ2) is 5.72. The molecule has 0 aromatic rings. The lowest BCUT2D eigenvalue weighted by molar-refractivity contribution is -0.139. The fourth-order valence-electron chi connectivity index (χ4n) is 0.884. The van der Waals surface area contributed by atoms with Crippen molar-refractivity contribution >= 4 is 19.4 Å². The Bertz CT molecular complexity index is 293. The van der Waals surface area contributed by atoms with Gasteiger partial charge in [0.25, 0.3) is 0 Å². The van der Waals surface area contributed by atoms with E-state index >= 15 is 0 Å². The molecule has 0 rings (SSSR count). The minimum Gasteiger partial charge on any atom is -0.480 e. The van der Waals surface area contributed by atoms with E-state index in [-0.39, 0.29) is 12.6 Å². The molecule has 0 aromatic carbocycles. The van der Waals surface area contributed by atoms with E-state index in [1.807, 2.05) is 5.32 Å². The lowest BCUT2D eigenvalue weighted by Crippen LogP contribution is -2.44. The molecule has 8 heteroatoms. The summed E-state index contributed by atoms with van der Waals surface area (Å²) in [5.41, 5.74) is 4.79. The van der Waals surface area contributed by atoms with Gasteiger partial charge in [0.05, 0.1) is 0 Å². The number of carboxylic acid groups (broad SMARTS) is 1. The summed E-state index contributed by atoms with van der Waals surface area (Å²) in [5, 5.41) is 10.7. The van der Waals surface area contributed by atoms with Gasteiger partial charge in [-0.2, -0.15) is 0 Å².